The van der Waals surface area contributed by atoms with E-state index >= 15 is 0 Å². The van der Waals surface area contributed by atoms with Crippen LogP contribution in [0.1, 0.15) is 0 Å². The normalized spacial score (nSPS) is 11.8. The molecule has 0 heterocycles. The first-order chi connectivity index (χ1) is 2.94. The maximum absolute atomic E-state index is 8.48. The van der Waals surface area contributed by atoms with Crippen LogP contribution < -0.4 is 0 Å². The molecule has 0 spiro atoms. The Kier molecular flexibility index (Phi) is 5.39. The second-order valence-corrected chi connectivity index (χ2v) is 5.76. The number of thiol groups is 1. The predicted octanol–water partition coefficient (Wildman–Crippen LogP) is 1.36. The Hall–Kier alpha value is 0.770. The molecular weight excluding hydrogens is 257 g/mol. The second kappa shape index (κ2) is 3.73. The SMILES string of the molecule is C[SH](C)(=N)C(O)=S.I. The molecule has 0 aliphatic rings. The summed E-state index contributed by atoms with van der Waals surface area (Å²) in [6.45, 7) is 0. The van der Waals surface area contributed by atoms with E-state index in [4.69, 9.17) is 9.89 Å². The molecule has 5 heteroatoms. The van der Waals surface area contributed by atoms with E-state index in [1.54, 1.807) is 12.5 Å². The van der Waals surface area contributed by atoms with E-state index in [1.165, 1.54) is 0 Å². The van der Waals surface area contributed by atoms with Gasteiger partial charge in [0.15, 0.2) is 0 Å². The van der Waals surface area contributed by atoms with E-state index in [0.717, 1.165) is 0 Å². The Morgan fingerprint density at radius 1 is 1.62 bits per heavy atom. The summed E-state index contributed by atoms with van der Waals surface area (Å²) >= 11 is 4.35. The first kappa shape index (κ1) is 11.6. The summed E-state index contributed by atoms with van der Waals surface area (Å²) in [6.07, 6.45) is 3.30. The highest BCUT2D eigenvalue weighted by Gasteiger charge is 1.98. The Labute approximate surface area is 72.6 Å². The molecule has 0 saturated carbocycles. The molecule has 0 aromatic rings. The van der Waals surface area contributed by atoms with Gasteiger partial charge in [0.1, 0.15) is 0 Å². The van der Waals surface area contributed by atoms with Gasteiger partial charge in [0.2, 0.25) is 4.38 Å². The summed E-state index contributed by atoms with van der Waals surface area (Å²) in [5.74, 6) is 0. The van der Waals surface area contributed by atoms with Crippen LogP contribution in [0.25, 0.3) is 0 Å². The van der Waals surface area contributed by atoms with Gasteiger partial charge >= 0.3 is 0 Å². The van der Waals surface area contributed by atoms with Gasteiger partial charge in [-0.2, -0.15) is 0 Å². The summed E-state index contributed by atoms with van der Waals surface area (Å²) in [4.78, 5) is 0. The largest absolute Gasteiger partial charge is 0.495 e. The molecule has 0 atom stereocenters. The summed E-state index contributed by atoms with van der Waals surface area (Å²) in [7, 11) is -1.95. The fraction of sp³-hybridized carbons (Fsp3) is 0.667. The number of thiocarbonyl (C=S) groups is 1. The molecule has 2 N–H and O–H groups in total. The quantitative estimate of drug-likeness (QED) is 0.352. The maximum atomic E-state index is 8.48. The van der Waals surface area contributed by atoms with E-state index in [2.05, 4.69) is 12.2 Å². The van der Waals surface area contributed by atoms with Crippen molar-refractivity contribution in [2.75, 3.05) is 12.5 Å². The highest BCUT2D eigenvalue weighted by atomic mass is 127. The maximum Gasteiger partial charge on any atom is 0.206 e. The third-order valence-electron chi connectivity index (χ3n) is 0.478. The number of nitrogens with one attached hydrogen (secondary N) is 1. The molecular formula is C3H10INOS2. The van der Waals surface area contributed by atoms with E-state index in [0.29, 0.717) is 0 Å². The van der Waals surface area contributed by atoms with Crippen molar-refractivity contribution in [2.45, 2.75) is 0 Å². The number of aliphatic hydroxyl groups excluding tert-OH is 1. The molecule has 0 aliphatic heterocycles. The van der Waals surface area contributed by atoms with E-state index < -0.39 is 9.82 Å². The van der Waals surface area contributed by atoms with Gasteiger partial charge in [-0.1, -0.05) is 0 Å². The van der Waals surface area contributed by atoms with Crippen LogP contribution in [0.3, 0.4) is 0 Å². The van der Waals surface area contributed by atoms with E-state index in [-0.39, 0.29) is 28.4 Å². The Bertz CT molecular complexity index is 129. The molecule has 0 aliphatic carbocycles. The van der Waals surface area contributed by atoms with Crippen LogP contribution in [0.4, 0.5) is 0 Å². The third-order valence-corrected chi connectivity index (χ3v) is 2.80. The molecule has 0 saturated heterocycles. The minimum absolute atomic E-state index is 0. The predicted molar refractivity (Wildman–Crippen MR) is 54.0 cm³/mol. The zero-order valence-electron chi connectivity index (χ0n) is 4.71. The topological polar surface area (TPSA) is 44.1 Å². The Morgan fingerprint density at radius 2 is 1.75 bits per heavy atom. The monoisotopic (exact) mass is 267 g/mol. The molecule has 0 aromatic carbocycles. The van der Waals surface area contributed by atoms with Gasteiger partial charge in [-0.05, 0) is 24.7 Å². The molecule has 0 fully saturated rings. The number of halogens is 1. The first-order valence-electron chi connectivity index (χ1n) is 1.77. The summed E-state index contributed by atoms with van der Waals surface area (Å²) in [6, 6.07) is 0. The molecule has 0 rings (SSSR count). The lowest BCUT2D eigenvalue weighted by atomic mass is 11.7. The van der Waals surface area contributed by atoms with Crippen LogP contribution in [0.5, 0.6) is 0 Å². The van der Waals surface area contributed by atoms with Crippen molar-refractivity contribution in [2.24, 2.45) is 0 Å². The summed E-state index contributed by atoms with van der Waals surface area (Å²) < 4.78 is 6.96. The van der Waals surface area contributed by atoms with Crippen LogP contribution in [-0.2, 0) is 9.82 Å². The van der Waals surface area contributed by atoms with Crippen LogP contribution in [0, 0.1) is 4.78 Å². The zero-order chi connectivity index (χ0) is 6.08. The van der Waals surface area contributed by atoms with Crippen LogP contribution in [-0.4, -0.2) is 22.0 Å². The van der Waals surface area contributed by atoms with Crippen molar-refractivity contribution in [1.29, 1.82) is 4.78 Å². The van der Waals surface area contributed by atoms with Crippen molar-refractivity contribution in [1.82, 2.24) is 0 Å². The minimum Gasteiger partial charge on any atom is -0.495 e. The lowest BCUT2D eigenvalue weighted by Gasteiger charge is -2.09. The van der Waals surface area contributed by atoms with Gasteiger partial charge in [-0.25, -0.2) is 0 Å². The fourth-order valence-corrected chi connectivity index (χ4v) is 0. The number of rotatable bonds is 0. The highest BCUT2D eigenvalue weighted by Crippen LogP contribution is 1.94. The van der Waals surface area contributed by atoms with Gasteiger partial charge in [0, 0.05) is 0 Å². The van der Waals surface area contributed by atoms with Crippen molar-refractivity contribution < 1.29 is 5.11 Å². The molecule has 0 radical (unpaired) electrons. The molecule has 52 valence electrons. The second-order valence-electron chi connectivity index (χ2n) is 1.74. The summed E-state index contributed by atoms with van der Waals surface area (Å²) in [5.41, 5.74) is 0. The van der Waals surface area contributed by atoms with Crippen LogP contribution in [0.15, 0.2) is 0 Å². The molecule has 0 unspecified atom stereocenters. The minimum atomic E-state index is -1.95. The van der Waals surface area contributed by atoms with Crippen molar-refractivity contribution in [3.63, 3.8) is 0 Å². The van der Waals surface area contributed by atoms with Crippen LogP contribution in [0.2, 0.25) is 0 Å². The molecule has 0 amide bonds. The van der Waals surface area contributed by atoms with Crippen molar-refractivity contribution in [3.8, 4) is 0 Å². The molecule has 2 nitrogen and oxygen atoms in total. The van der Waals surface area contributed by atoms with Gasteiger partial charge in [0.25, 0.3) is 0 Å². The smallest absolute Gasteiger partial charge is 0.206 e. The van der Waals surface area contributed by atoms with Gasteiger partial charge in [0.05, 0.1) is 0 Å². The Balaban J connectivity index is 0. The molecule has 0 bridgehead atoms. The third kappa shape index (κ3) is 4.92. The Morgan fingerprint density at radius 3 is 1.75 bits per heavy atom. The number of hydrogen-bond donors (Lipinski definition) is 3. The first-order valence-corrected chi connectivity index (χ1v) is 4.86. The van der Waals surface area contributed by atoms with Crippen molar-refractivity contribution >= 4 is 50.4 Å². The highest BCUT2D eigenvalue weighted by molar-refractivity contribution is 14.0. The number of hydrogen-bond acceptors (Lipinski definition) is 2. The van der Waals surface area contributed by atoms with Gasteiger partial charge < -0.3 is 5.11 Å². The van der Waals surface area contributed by atoms with Crippen LogP contribution >= 0.6 is 36.2 Å². The average molecular weight is 267 g/mol. The summed E-state index contributed by atoms with van der Waals surface area (Å²) in [5, 5.41) is 8.48. The van der Waals surface area contributed by atoms with E-state index in [1.807, 2.05) is 0 Å². The number of aliphatic hydroxyl groups is 1. The van der Waals surface area contributed by atoms with Crippen molar-refractivity contribution in [3.05, 3.63) is 0 Å². The zero-order valence-corrected chi connectivity index (χ0v) is 8.75. The van der Waals surface area contributed by atoms with Gasteiger partial charge in [-0.3, -0.25) is 4.78 Å². The molecule has 8 heavy (non-hydrogen) atoms. The lowest BCUT2D eigenvalue weighted by Crippen LogP contribution is -2.14. The van der Waals surface area contributed by atoms with Gasteiger partial charge in [-0.15, -0.1) is 33.8 Å². The average Bonchev–Trinajstić information content (AvgIpc) is 1.31. The standard InChI is InChI=1S/C3H9NOS2.HI/c1-7(2,4)3(5)6;/h4,7H,1-2H3,(H,5,6);1H. The van der Waals surface area contributed by atoms with E-state index in [9.17, 15) is 0 Å². The molecule has 0 aromatic heterocycles. The fourth-order valence-electron chi connectivity index (χ4n) is 0. The lowest BCUT2D eigenvalue weighted by molar-refractivity contribution is 0.584.